The van der Waals surface area contributed by atoms with Crippen molar-refractivity contribution in [3.8, 4) is 0 Å². The molecule has 1 saturated carbocycles. The van der Waals surface area contributed by atoms with Crippen LogP contribution in [0.15, 0.2) is 0 Å². The topological polar surface area (TPSA) is 3.24 Å². The van der Waals surface area contributed by atoms with Crippen molar-refractivity contribution in [2.24, 2.45) is 5.92 Å². The third kappa shape index (κ3) is 1.84. The second kappa shape index (κ2) is 4.65. The van der Waals surface area contributed by atoms with Gasteiger partial charge in [0.05, 0.1) is 0 Å². The van der Waals surface area contributed by atoms with Gasteiger partial charge in [-0.25, -0.2) is 0 Å². The Hall–Kier alpha value is -0.0400. The van der Waals surface area contributed by atoms with E-state index < -0.39 is 0 Å². The van der Waals surface area contributed by atoms with E-state index in [1.165, 1.54) is 51.5 Å². The normalized spacial score (nSPS) is 39.4. The molecule has 0 radical (unpaired) electrons. The molecule has 82 valence electrons. The molecule has 3 unspecified atom stereocenters. The lowest BCUT2D eigenvalue weighted by molar-refractivity contribution is 0.0178. The zero-order valence-corrected chi connectivity index (χ0v) is 9.84. The standard InChI is InChI=1S/C13H25N/c1-3-12-10-9-11-7-5-6-8-13(11)14(12)4-2/h11-13H,3-10H2,1-2H3. The summed E-state index contributed by atoms with van der Waals surface area (Å²) < 4.78 is 0. The second-order valence-corrected chi connectivity index (χ2v) is 5.08. The quantitative estimate of drug-likeness (QED) is 0.652. The maximum absolute atomic E-state index is 2.81. The highest BCUT2D eigenvalue weighted by molar-refractivity contribution is 4.91. The Labute approximate surface area is 88.9 Å². The minimum atomic E-state index is 0.902. The molecule has 3 atom stereocenters. The summed E-state index contributed by atoms with van der Waals surface area (Å²) >= 11 is 0. The van der Waals surface area contributed by atoms with E-state index in [9.17, 15) is 0 Å². The number of hydrogen-bond donors (Lipinski definition) is 0. The van der Waals surface area contributed by atoms with Gasteiger partial charge in [-0.2, -0.15) is 0 Å². The lowest BCUT2D eigenvalue weighted by Crippen LogP contribution is -2.51. The number of hydrogen-bond acceptors (Lipinski definition) is 1. The van der Waals surface area contributed by atoms with Gasteiger partial charge in [0.1, 0.15) is 0 Å². The molecule has 0 aromatic rings. The van der Waals surface area contributed by atoms with Crippen molar-refractivity contribution in [1.82, 2.24) is 4.90 Å². The van der Waals surface area contributed by atoms with E-state index in [1.807, 2.05) is 0 Å². The lowest BCUT2D eigenvalue weighted by Gasteiger charge is -2.48. The van der Waals surface area contributed by atoms with Gasteiger partial charge in [-0.05, 0) is 44.6 Å². The molecular formula is C13H25N. The van der Waals surface area contributed by atoms with Gasteiger partial charge in [0.15, 0.2) is 0 Å². The maximum Gasteiger partial charge on any atom is 0.0126 e. The van der Waals surface area contributed by atoms with Crippen molar-refractivity contribution in [2.75, 3.05) is 6.54 Å². The van der Waals surface area contributed by atoms with Gasteiger partial charge < -0.3 is 0 Å². The first-order chi connectivity index (χ1) is 6.86. The number of likely N-dealkylation sites (tertiary alicyclic amines) is 1. The third-order valence-corrected chi connectivity index (χ3v) is 4.47. The highest BCUT2D eigenvalue weighted by Crippen LogP contribution is 2.38. The molecule has 0 aromatic heterocycles. The van der Waals surface area contributed by atoms with E-state index in [1.54, 1.807) is 0 Å². The van der Waals surface area contributed by atoms with Gasteiger partial charge >= 0.3 is 0 Å². The number of rotatable bonds is 2. The fourth-order valence-corrected chi connectivity index (χ4v) is 3.74. The Balaban J connectivity index is 2.04. The first kappa shape index (κ1) is 10.5. The van der Waals surface area contributed by atoms with Crippen LogP contribution in [0.5, 0.6) is 0 Å². The molecule has 2 fully saturated rings. The fraction of sp³-hybridized carbons (Fsp3) is 1.00. The van der Waals surface area contributed by atoms with E-state index in [0.29, 0.717) is 0 Å². The van der Waals surface area contributed by atoms with Crippen LogP contribution in [0.2, 0.25) is 0 Å². The van der Waals surface area contributed by atoms with Gasteiger partial charge in [-0.1, -0.05) is 26.7 Å². The van der Waals surface area contributed by atoms with E-state index in [-0.39, 0.29) is 0 Å². The molecule has 1 heteroatoms. The van der Waals surface area contributed by atoms with Crippen LogP contribution in [0.1, 0.15) is 58.8 Å². The van der Waals surface area contributed by atoms with Gasteiger partial charge in [0.25, 0.3) is 0 Å². The molecular weight excluding hydrogens is 170 g/mol. The monoisotopic (exact) mass is 195 g/mol. The Bertz CT molecular complexity index is 172. The summed E-state index contributed by atoms with van der Waals surface area (Å²) in [7, 11) is 0. The van der Waals surface area contributed by atoms with Gasteiger partial charge in [-0.3, -0.25) is 4.90 Å². The second-order valence-electron chi connectivity index (χ2n) is 5.08. The minimum Gasteiger partial charge on any atom is -0.297 e. The van der Waals surface area contributed by atoms with Gasteiger partial charge in [-0.15, -0.1) is 0 Å². The molecule has 0 aromatic carbocycles. The third-order valence-electron chi connectivity index (χ3n) is 4.47. The van der Waals surface area contributed by atoms with E-state index in [2.05, 4.69) is 18.7 Å². The molecule has 2 aliphatic rings. The molecule has 14 heavy (non-hydrogen) atoms. The van der Waals surface area contributed by atoms with Crippen molar-refractivity contribution < 1.29 is 0 Å². The average Bonchev–Trinajstić information content (AvgIpc) is 2.27. The van der Waals surface area contributed by atoms with Crippen LogP contribution in [0.4, 0.5) is 0 Å². The van der Waals surface area contributed by atoms with Gasteiger partial charge in [0.2, 0.25) is 0 Å². The molecule has 1 aliphatic carbocycles. The molecule has 1 nitrogen and oxygen atoms in total. The van der Waals surface area contributed by atoms with E-state index in [0.717, 1.165) is 18.0 Å². The van der Waals surface area contributed by atoms with Crippen molar-refractivity contribution in [2.45, 2.75) is 70.9 Å². The summed E-state index contributed by atoms with van der Waals surface area (Å²) in [6.07, 6.45) is 10.3. The summed E-state index contributed by atoms with van der Waals surface area (Å²) in [5.41, 5.74) is 0. The fourth-order valence-electron chi connectivity index (χ4n) is 3.74. The predicted octanol–water partition coefficient (Wildman–Crippen LogP) is 3.44. The van der Waals surface area contributed by atoms with Crippen LogP contribution in [-0.4, -0.2) is 23.5 Å². The highest BCUT2D eigenvalue weighted by Gasteiger charge is 2.36. The smallest absolute Gasteiger partial charge is 0.0126 e. The molecule has 0 N–H and O–H groups in total. The van der Waals surface area contributed by atoms with Crippen LogP contribution < -0.4 is 0 Å². The zero-order valence-electron chi connectivity index (χ0n) is 9.84. The molecule has 0 amide bonds. The van der Waals surface area contributed by atoms with Crippen LogP contribution >= 0.6 is 0 Å². The molecule has 1 aliphatic heterocycles. The average molecular weight is 195 g/mol. The molecule has 0 spiro atoms. The Morgan fingerprint density at radius 3 is 2.50 bits per heavy atom. The van der Waals surface area contributed by atoms with Gasteiger partial charge in [0, 0.05) is 12.1 Å². The Morgan fingerprint density at radius 2 is 1.79 bits per heavy atom. The minimum absolute atomic E-state index is 0.902. The number of piperidine rings is 1. The lowest BCUT2D eigenvalue weighted by atomic mass is 9.76. The summed E-state index contributed by atoms with van der Waals surface area (Å²) in [6.45, 7) is 5.98. The predicted molar refractivity (Wildman–Crippen MR) is 61.4 cm³/mol. The van der Waals surface area contributed by atoms with Crippen LogP contribution in [0, 0.1) is 5.92 Å². The van der Waals surface area contributed by atoms with E-state index in [4.69, 9.17) is 0 Å². The molecule has 1 saturated heterocycles. The van der Waals surface area contributed by atoms with Crippen LogP contribution in [0.25, 0.3) is 0 Å². The Kier molecular flexibility index (Phi) is 3.48. The zero-order chi connectivity index (χ0) is 9.97. The molecule has 1 heterocycles. The van der Waals surface area contributed by atoms with Crippen molar-refractivity contribution >= 4 is 0 Å². The number of nitrogens with zero attached hydrogens (tertiary/aromatic N) is 1. The van der Waals surface area contributed by atoms with Crippen molar-refractivity contribution in [3.63, 3.8) is 0 Å². The van der Waals surface area contributed by atoms with Crippen LogP contribution in [-0.2, 0) is 0 Å². The van der Waals surface area contributed by atoms with Crippen molar-refractivity contribution in [1.29, 1.82) is 0 Å². The maximum atomic E-state index is 2.81. The van der Waals surface area contributed by atoms with Crippen LogP contribution in [0.3, 0.4) is 0 Å². The highest BCUT2D eigenvalue weighted by atomic mass is 15.2. The first-order valence-electron chi connectivity index (χ1n) is 6.62. The largest absolute Gasteiger partial charge is 0.297 e. The summed E-state index contributed by atoms with van der Waals surface area (Å²) in [6, 6.07) is 1.85. The Morgan fingerprint density at radius 1 is 1.00 bits per heavy atom. The van der Waals surface area contributed by atoms with E-state index >= 15 is 0 Å². The summed E-state index contributed by atoms with van der Waals surface area (Å²) in [4.78, 5) is 2.81. The molecule has 2 rings (SSSR count). The first-order valence-corrected chi connectivity index (χ1v) is 6.62. The summed E-state index contributed by atoms with van der Waals surface area (Å²) in [5.74, 6) is 1.05. The summed E-state index contributed by atoms with van der Waals surface area (Å²) in [5, 5.41) is 0. The molecule has 0 bridgehead atoms. The number of fused-ring (bicyclic) bond motifs is 1. The SMILES string of the molecule is CCC1CCC2CCCCC2N1CC. The van der Waals surface area contributed by atoms with Crippen molar-refractivity contribution in [3.05, 3.63) is 0 Å².